The first-order valence-electron chi connectivity index (χ1n) is 12.7. The molecule has 2 amide bonds. The van der Waals surface area contributed by atoms with E-state index in [2.05, 4.69) is 11.4 Å². The highest BCUT2D eigenvalue weighted by Gasteiger charge is 2.66. The number of ether oxygens (including phenoxy) is 2. The summed E-state index contributed by atoms with van der Waals surface area (Å²) in [5, 5.41) is 12.4. The fraction of sp³-hybridized carbons (Fsp3) is 0.840. The van der Waals surface area contributed by atoms with Crippen molar-refractivity contribution in [2.45, 2.75) is 108 Å². The number of alkyl carbamates (subject to hydrolysis) is 1. The number of nitrogens with zero attached hydrogens (tertiary/aromatic N) is 2. The molecule has 198 valence electrons. The first-order chi connectivity index (χ1) is 16.6. The Morgan fingerprint density at radius 3 is 2.25 bits per heavy atom. The lowest BCUT2D eigenvalue weighted by Crippen LogP contribution is -2.67. The largest absolute Gasteiger partial charge is 0.490 e. The van der Waals surface area contributed by atoms with Crippen LogP contribution in [0.1, 0.15) is 72.1 Å². The van der Waals surface area contributed by atoms with E-state index >= 15 is 0 Å². The number of nitriles is 1. The third-order valence-corrected chi connectivity index (χ3v) is 8.62. The Bertz CT molecular complexity index is 1000. The van der Waals surface area contributed by atoms with Crippen LogP contribution in [0.5, 0.6) is 0 Å². The molecule has 2 unspecified atom stereocenters. The second-order valence-corrected chi connectivity index (χ2v) is 12.7. The molecule has 6 fully saturated rings. The smallest absolute Gasteiger partial charge is 0.452 e. The highest BCUT2D eigenvalue weighted by Crippen LogP contribution is 2.64. The van der Waals surface area contributed by atoms with Crippen molar-refractivity contribution in [1.29, 1.82) is 5.26 Å². The van der Waals surface area contributed by atoms with Crippen LogP contribution in [0.3, 0.4) is 0 Å². The topological polar surface area (TPSA) is 109 Å². The van der Waals surface area contributed by atoms with Crippen LogP contribution < -0.4 is 5.32 Å². The lowest BCUT2D eigenvalue weighted by atomic mass is 9.46. The first-order valence-corrected chi connectivity index (χ1v) is 12.7. The van der Waals surface area contributed by atoms with Gasteiger partial charge < -0.3 is 19.7 Å². The number of rotatable bonds is 4. The van der Waals surface area contributed by atoms with Gasteiger partial charge in [0.25, 0.3) is 0 Å². The molecule has 0 spiro atoms. The molecular weight excluding hydrogens is 479 g/mol. The molecular formula is C25H32F3N3O5. The predicted octanol–water partition coefficient (Wildman–Crippen LogP) is 3.84. The van der Waals surface area contributed by atoms with E-state index in [1.165, 1.54) is 0 Å². The van der Waals surface area contributed by atoms with E-state index in [1.54, 1.807) is 25.7 Å². The fourth-order valence-corrected chi connectivity index (χ4v) is 7.90. The predicted molar refractivity (Wildman–Crippen MR) is 118 cm³/mol. The van der Waals surface area contributed by atoms with Crippen molar-refractivity contribution in [1.82, 2.24) is 10.2 Å². The summed E-state index contributed by atoms with van der Waals surface area (Å²) in [6.07, 6.45) is -2.00. The molecule has 1 saturated heterocycles. The monoisotopic (exact) mass is 511 g/mol. The number of amides is 2. The highest BCUT2D eigenvalue weighted by molar-refractivity contribution is 5.88. The SMILES string of the molecule is CC(C)(C)OC(=O)N[C@H](C(=O)N1[C@H](C#N)C[C@@H]2C[C@@H]21)C12C[C@@H]3C[C@@H](CC(OC(=O)C(F)(F)F)(C3)C1)C2. The molecule has 0 radical (unpaired) electrons. The second-order valence-electron chi connectivity index (χ2n) is 12.7. The molecule has 0 aromatic heterocycles. The Kier molecular flexibility index (Phi) is 5.58. The van der Waals surface area contributed by atoms with Gasteiger partial charge in [-0.25, -0.2) is 9.59 Å². The van der Waals surface area contributed by atoms with Gasteiger partial charge in [-0.05, 0) is 89.9 Å². The van der Waals surface area contributed by atoms with Crippen molar-refractivity contribution < 1.29 is 37.0 Å². The van der Waals surface area contributed by atoms with Gasteiger partial charge in [-0.2, -0.15) is 18.4 Å². The quantitative estimate of drug-likeness (QED) is 0.575. The summed E-state index contributed by atoms with van der Waals surface area (Å²) >= 11 is 0. The van der Waals surface area contributed by atoms with Crippen molar-refractivity contribution in [3.63, 3.8) is 0 Å². The highest BCUT2D eigenvalue weighted by atomic mass is 19.4. The number of carbonyl (C=O) groups excluding carboxylic acids is 3. The average Bonchev–Trinajstić information content (AvgIpc) is 3.37. The minimum Gasteiger partial charge on any atom is -0.452 e. The molecule has 6 aliphatic rings. The molecule has 5 saturated carbocycles. The van der Waals surface area contributed by atoms with Crippen molar-refractivity contribution in [2.75, 3.05) is 0 Å². The van der Waals surface area contributed by atoms with Gasteiger partial charge in [0.15, 0.2) is 0 Å². The summed E-state index contributed by atoms with van der Waals surface area (Å²) in [6.45, 7) is 5.09. The zero-order valence-corrected chi connectivity index (χ0v) is 20.7. The average molecular weight is 512 g/mol. The molecule has 1 aliphatic heterocycles. The summed E-state index contributed by atoms with van der Waals surface area (Å²) in [5.41, 5.74) is -3.05. The third-order valence-electron chi connectivity index (χ3n) is 8.62. The van der Waals surface area contributed by atoms with Gasteiger partial charge >= 0.3 is 18.2 Å². The lowest BCUT2D eigenvalue weighted by molar-refractivity contribution is -0.240. The van der Waals surface area contributed by atoms with Crippen LogP contribution in [0.2, 0.25) is 0 Å². The minimum atomic E-state index is -5.11. The zero-order valence-electron chi connectivity index (χ0n) is 20.7. The normalized spacial score (nSPS) is 39.1. The number of nitrogens with one attached hydrogen (secondary N) is 1. The summed E-state index contributed by atoms with van der Waals surface area (Å²) < 4.78 is 50.0. The van der Waals surface area contributed by atoms with Gasteiger partial charge in [0.1, 0.15) is 23.3 Å². The molecule has 6 rings (SSSR count). The van der Waals surface area contributed by atoms with E-state index in [1.807, 2.05) is 0 Å². The Hall–Kier alpha value is -2.51. The fourth-order valence-electron chi connectivity index (χ4n) is 7.90. The van der Waals surface area contributed by atoms with E-state index in [9.17, 15) is 32.8 Å². The summed E-state index contributed by atoms with van der Waals surface area (Å²) in [7, 11) is 0. The number of alkyl halides is 3. The maximum Gasteiger partial charge on any atom is 0.490 e. The number of piperidine rings is 1. The molecule has 0 aromatic carbocycles. The van der Waals surface area contributed by atoms with Gasteiger partial charge in [-0.1, -0.05) is 0 Å². The zero-order chi connectivity index (χ0) is 26.3. The van der Waals surface area contributed by atoms with E-state index < -0.39 is 52.8 Å². The van der Waals surface area contributed by atoms with Crippen LogP contribution in [-0.4, -0.2) is 58.4 Å². The molecule has 11 heteroatoms. The molecule has 36 heavy (non-hydrogen) atoms. The van der Waals surface area contributed by atoms with Crippen LogP contribution in [0.25, 0.3) is 0 Å². The molecule has 5 aliphatic carbocycles. The van der Waals surface area contributed by atoms with Gasteiger partial charge in [0.2, 0.25) is 5.91 Å². The number of esters is 1. The van der Waals surface area contributed by atoms with Crippen LogP contribution in [0, 0.1) is 34.5 Å². The number of carbonyl (C=O) groups is 3. The van der Waals surface area contributed by atoms with Crippen LogP contribution in [0.4, 0.5) is 18.0 Å². The minimum absolute atomic E-state index is 0.0259. The summed E-state index contributed by atoms with van der Waals surface area (Å²) in [6, 6.07) is 0.446. The van der Waals surface area contributed by atoms with Gasteiger partial charge in [0, 0.05) is 11.5 Å². The second kappa shape index (κ2) is 7.99. The third kappa shape index (κ3) is 4.41. The van der Waals surface area contributed by atoms with Crippen molar-refractivity contribution >= 4 is 18.0 Å². The molecule has 0 aromatic rings. The molecule has 8 atom stereocenters. The van der Waals surface area contributed by atoms with Crippen molar-refractivity contribution in [3.05, 3.63) is 0 Å². The summed E-state index contributed by atoms with van der Waals surface area (Å²) in [4.78, 5) is 40.4. The number of halogens is 3. The lowest BCUT2D eigenvalue weighted by Gasteiger charge is -2.62. The molecule has 8 nitrogen and oxygen atoms in total. The maximum absolute atomic E-state index is 14.1. The number of hydrogen-bond donors (Lipinski definition) is 1. The van der Waals surface area contributed by atoms with E-state index in [-0.39, 0.29) is 30.2 Å². The molecule has 1 heterocycles. The van der Waals surface area contributed by atoms with Crippen LogP contribution in [0.15, 0.2) is 0 Å². The Balaban J connectivity index is 1.48. The van der Waals surface area contributed by atoms with Crippen molar-refractivity contribution in [3.8, 4) is 6.07 Å². The standard InChI is InChI=1S/C25H32F3N3O5/c1-22(2,3)36-21(34)30-18(19(32)31-16(11-29)5-15-6-17(15)31)23-7-13-4-14(8-23)10-24(9-13,12-23)35-20(33)25(26,27)28/h13-18H,4-10,12H2,1-3H3,(H,30,34)/t13-,14+,15-,16+,17+,18-,23?,24?/m1/s1. The van der Waals surface area contributed by atoms with Gasteiger partial charge in [-0.15, -0.1) is 0 Å². The Morgan fingerprint density at radius 2 is 1.69 bits per heavy atom. The van der Waals surface area contributed by atoms with Gasteiger partial charge in [0.05, 0.1) is 6.07 Å². The molecule has 4 bridgehead atoms. The van der Waals surface area contributed by atoms with Gasteiger partial charge in [-0.3, -0.25) is 4.79 Å². The van der Waals surface area contributed by atoms with Crippen LogP contribution >= 0.6 is 0 Å². The van der Waals surface area contributed by atoms with E-state index in [4.69, 9.17) is 9.47 Å². The number of hydrogen-bond acceptors (Lipinski definition) is 6. The number of fused-ring (bicyclic) bond motifs is 1. The number of likely N-dealkylation sites (tertiary alicyclic amines) is 1. The molecule has 1 N–H and O–H groups in total. The van der Waals surface area contributed by atoms with Crippen LogP contribution in [-0.2, 0) is 19.1 Å². The maximum atomic E-state index is 14.1. The van der Waals surface area contributed by atoms with Crippen molar-refractivity contribution in [2.24, 2.45) is 23.2 Å². The Morgan fingerprint density at radius 1 is 1.06 bits per heavy atom. The van der Waals surface area contributed by atoms with E-state index in [0.29, 0.717) is 32.1 Å². The summed E-state index contributed by atoms with van der Waals surface area (Å²) in [5.74, 6) is -2.40. The van der Waals surface area contributed by atoms with E-state index in [0.717, 1.165) is 12.8 Å². The Labute approximate surface area is 207 Å². The first kappa shape index (κ1) is 25.2.